The summed E-state index contributed by atoms with van der Waals surface area (Å²) in [6, 6.07) is 6.12. The van der Waals surface area contributed by atoms with Gasteiger partial charge in [-0.1, -0.05) is 5.16 Å². The van der Waals surface area contributed by atoms with Gasteiger partial charge in [-0.05, 0) is 36.8 Å². The maximum absolute atomic E-state index is 11.5. The first-order valence-electron chi connectivity index (χ1n) is 6.40. The number of aromatic hydroxyl groups is 1. The molecule has 0 aromatic heterocycles. The minimum absolute atomic E-state index is 0.0497. The van der Waals surface area contributed by atoms with Crippen molar-refractivity contribution in [3.8, 4) is 5.75 Å². The zero-order chi connectivity index (χ0) is 15.5. The summed E-state index contributed by atoms with van der Waals surface area (Å²) in [7, 11) is 0. The summed E-state index contributed by atoms with van der Waals surface area (Å²) in [6.45, 7) is 1.80. The van der Waals surface area contributed by atoms with Crippen LogP contribution in [0, 0.1) is 0 Å². The van der Waals surface area contributed by atoms with Gasteiger partial charge in [-0.3, -0.25) is 4.79 Å². The van der Waals surface area contributed by atoms with E-state index in [-0.39, 0.29) is 18.8 Å². The number of aliphatic carboxylic acids is 1. The fourth-order valence-corrected chi connectivity index (χ4v) is 2.02. The van der Waals surface area contributed by atoms with Crippen molar-refractivity contribution in [2.45, 2.75) is 25.4 Å². The van der Waals surface area contributed by atoms with E-state index < -0.39 is 24.0 Å². The number of carboxylic acids is 1. The Bertz CT molecular complexity index is 580. The molecule has 0 saturated carbocycles. The van der Waals surface area contributed by atoms with Crippen LogP contribution < -0.4 is 0 Å². The summed E-state index contributed by atoms with van der Waals surface area (Å²) in [6.07, 6.45) is -0.465. The molecule has 112 valence electrons. The highest BCUT2D eigenvalue weighted by Gasteiger charge is 2.49. The van der Waals surface area contributed by atoms with E-state index in [2.05, 4.69) is 5.16 Å². The summed E-state index contributed by atoms with van der Waals surface area (Å²) in [5.74, 6) is -1.83. The van der Waals surface area contributed by atoms with E-state index in [0.717, 1.165) is 0 Å². The van der Waals surface area contributed by atoms with Gasteiger partial charge in [0.2, 0.25) is 5.60 Å². The van der Waals surface area contributed by atoms with Crippen LogP contribution in [0.3, 0.4) is 0 Å². The van der Waals surface area contributed by atoms with Gasteiger partial charge in [0.25, 0.3) is 0 Å². The second-order valence-corrected chi connectivity index (χ2v) is 4.63. The quantitative estimate of drug-likeness (QED) is 0.792. The predicted octanol–water partition coefficient (Wildman–Crippen LogP) is 1.29. The highest BCUT2D eigenvalue weighted by molar-refractivity contribution is 6.05. The lowest BCUT2D eigenvalue weighted by atomic mass is 9.91. The third-order valence-corrected chi connectivity index (χ3v) is 3.11. The topological polar surface area (TPSA) is 105 Å². The molecule has 0 radical (unpaired) electrons. The third kappa shape index (κ3) is 3.13. The predicted molar refractivity (Wildman–Crippen MR) is 72.0 cm³/mol. The first-order chi connectivity index (χ1) is 9.97. The molecule has 0 aliphatic carbocycles. The van der Waals surface area contributed by atoms with Gasteiger partial charge >= 0.3 is 11.9 Å². The normalized spacial score (nSPS) is 20.5. The Labute approximate surface area is 120 Å². The number of phenols is 1. The van der Waals surface area contributed by atoms with Gasteiger partial charge in [-0.15, -0.1) is 0 Å². The Hall–Kier alpha value is -2.57. The second-order valence-electron chi connectivity index (χ2n) is 4.63. The Morgan fingerprint density at radius 2 is 2.05 bits per heavy atom. The highest BCUT2D eigenvalue weighted by atomic mass is 16.7. The molecule has 1 atom stereocenters. The minimum atomic E-state index is -1.74. The molecule has 0 amide bonds. The molecule has 7 nitrogen and oxygen atoms in total. The summed E-state index contributed by atoms with van der Waals surface area (Å²) >= 11 is 0. The lowest BCUT2D eigenvalue weighted by Crippen LogP contribution is -2.41. The van der Waals surface area contributed by atoms with E-state index in [1.165, 1.54) is 12.1 Å². The number of oxime groups is 1. The molecule has 2 rings (SSSR count). The molecule has 7 heteroatoms. The maximum atomic E-state index is 11.5. The molecule has 1 aliphatic rings. The van der Waals surface area contributed by atoms with Crippen LogP contribution >= 0.6 is 0 Å². The molecule has 0 saturated heterocycles. The molecular formula is C14H15NO6. The van der Waals surface area contributed by atoms with Crippen molar-refractivity contribution in [2.75, 3.05) is 6.61 Å². The van der Waals surface area contributed by atoms with E-state index in [1.54, 1.807) is 19.1 Å². The molecule has 1 unspecified atom stereocenters. The number of hydrogen-bond acceptors (Lipinski definition) is 6. The largest absolute Gasteiger partial charge is 0.508 e. The zero-order valence-corrected chi connectivity index (χ0v) is 11.4. The SMILES string of the molecule is CCOC(=O)CC1(C(=O)O)CC(c2ccc(O)cc2)=NO1. The average Bonchev–Trinajstić information content (AvgIpc) is 2.85. The van der Waals surface area contributed by atoms with Crippen LogP contribution in [0.2, 0.25) is 0 Å². The van der Waals surface area contributed by atoms with Crippen molar-refractivity contribution in [1.82, 2.24) is 0 Å². The molecule has 0 bridgehead atoms. The van der Waals surface area contributed by atoms with Crippen molar-refractivity contribution >= 4 is 17.7 Å². The maximum Gasteiger partial charge on any atom is 0.351 e. The lowest BCUT2D eigenvalue weighted by Gasteiger charge is -2.20. The van der Waals surface area contributed by atoms with Gasteiger partial charge in [-0.25, -0.2) is 4.79 Å². The Kier molecular flexibility index (Phi) is 4.11. The number of carbonyl (C=O) groups excluding carboxylic acids is 1. The molecule has 0 fully saturated rings. The van der Waals surface area contributed by atoms with Crippen molar-refractivity contribution in [2.24, 2.45) is 5.16 Å². The highest BCUT2D eigenvalue weighted by Crippen LogP contribution is 2.31. The fourth-order valence-electron chi connectivity index (χ4n) is 2.02. The number of phenolic OH excluding ortho intramolecular Hbond substituents is 1. The Balaban J connectivity index is 2.16. The first-order valence-corrected chi connectivity index (χ1v) is 6.40. The number of nitrogens with zero attached hydrogens (tertiary/aromatic N) is 1. The summed E-state index contributed by atoms with van der Waals surface area (Å²) in [4.78, 5) is 28.0. The summed E-state index contributed by atoms with van der Waals surface area (Å²) in [5, 5.41) is 22.4. The van der Waals surface area contributed by atoms with E-state index in [1.807, 2.05) is 0 Å². The van der Waals surface area contributed by atoms with E-state index >= 15 is 0 Å². The number of ether oxygens (including phenoxy) is 1. The standard InChI is InChI=1S/C14H15NO6/c1-2-20-12(17)8-14(13(18)19)7-11(15-21-14)9-3-5-10(16)6-4-9/h3-6,16H,2,7-8H2,1H3,(H,18,19). The number of benzene rings is 1. The van der Waals surface area contributed by atoms with Crippen molar-refractivity contribution in [3.05, 3.63) is 29.8 Å². The number of esters is 1. The van der Waals surface area contributed by atoms with Crippen LogP contribution in [0.5, 0.6) is 5.75 Å². The molecule has 1 heterocycles. The van der Waals surface area contributed by atoms with Crippen LogP contribution in [0.15, 0.2) is 29.4 Å². The van der Waals surface area contributed by atoms with E-state index in [9.17, 15) is 19.8 Å². The third-order valence-electron chi connectivity index (χ3n) is 3.11. The molecule has 1 aromatic rings. The van der Waals surface area contributed by atoms with Gasteiger partial charge < -0.3 is 19.8 Å². The smallest absolute Gasteiger partial charge is 0.351 e. The fraction of sp³-hybridized carbons (Fsp3) is 0.357. The van der Waals surface area contributed by atoms with E-state index in [0.29, 0.717) is 11.3 Å². The summed E-state index contributed by atoms with van der Waals surface area (Å²) in [5.41, 5.74) is -0.707. The monoisotopic (exact) mass is 293 g/mol. The number of rotatable bonds is 5. The van der Waals surface area contributed by atoms with Crippen molar-refractivity contribution in [3.63, 3.8) is 0 Å². The summed E-state index contributed by atoms with van der Waals surface area (Å²) < 4.78 is 4.77. The van der Waals surface area contributed by atoms with Crippen molar-refractivity contribution in [1.29, 1.82) is 0 Å². The number of hydrogen-bond donors (Lipinski definition) is 2. The molecule has 1 aliphatic heterocycles. The van der Waals surface area contributed by atoms with Crippen molar-refractivity contribution < 1.29 is 29.4 Å². The van der Waals surface area contributed by atoms with Crippen LogP contribution in [0.1, 0.15) is 25.3 Å². The van der Waals surface area contributed by atoms with E-state index in [4.69, 9.17) is 9.57 Å². The van der Waals surface area contributed by atoms with Gasteiger partial charge in [0.15, 0.2) is 0 Å². The lowest BCUT2D eigenvalue weighted by molar-refractivity contribution is -0.171. The van der Waals surface area contributed by atoms with Gasteiger partial charge in [0.1, 0.15) is 5.75 Å². The Morgan fingerprint density at radius 1 is 1.38 bits per heavy atom. The Morgan fingerprint density at radius 3 is 2.62 bits per heavy atom. The molecular weight excluding hydrogens is 278 g/mol. The zero-order valence-electron chi connectivity index (χ0n) is 11.4. The van der Waals surface area contributed by atoms with Crippen LogP contribution in [-0.4, -0.2) is 40.1 Å². The second kappa shape index (κ2) is 5.82. The van der Waals surface area contributed by atoms with Crippen LogP contribution in [0.4, 0.5) is 0 Å². The average molecular weight is 293 g/mol. The molecule has 0 spiro atoms. The molecule has 2 N–H and O–H groups in total. The molecule has 1 aromatic carbocycles. The van der Waals surface area contributed by atoms with Crippen LogP contribution in [0.25, 0.3) is 0 Å². The minimum Gasteiger partial charge on any atom is -0.508 e. The molecule has 21 heavy (non-hydrogen) atoms. The first kappa shape index (κ1) is 14.8. The van der Waals surface area contributed by atoms with Crippen LogP contribution in [-0.2, 0) is 19.2 Å². The van der Waals surface area contributed by atoms with Gasteiger partial charge in [0.05, 0.1) is 18.7 Å². The van der Waals surface area contributed by atoms with Gasteiger partial charge in [-0.2, -0.15) is 0 Å². The number of carboxylic acid groups (broad SMARTS) is 1. The van der Waals surface area contributed by atoms with Gasteiger partial charge in [0, 0.05) is 6.42 Å². The number of carbonyl (C=O) groups is 2.